The highest BCUT2D eigenvalue weighted by atomic mass is 127. The number of rotatable bonds is 3. The van der Waals surface area contributed by atoms with E-state index in [2.05, 4.69) is 27.2 Å². The number of methoxy groups -OCH3 is 1. The van der Waals surface area contributed by atoms with Gasteiger partial charge in [0.05, 0.1) is 18.7 Å². The molecule has 0 unspecified atom stereocenters. The van der Waals surface area contributed by atoms with Crippen molar-refractivity contribution in [2.24, 2.45) is 18.0 Å². The number of guanidine groups is 1. The Kier molecular flexibility index (Phi) is 7.98. The van der Waals surface area contributed by atoms with Gasteiger partial charge in [-0.1, -0.05) is 0 Å². The summed E-state index contributed by atoms with van der Waals surface area (Å²) in [6.45, 7) is 6.42. The number of esters is 1. The summed E-state index contributed by atoms with van der Waals surface area (Å²) in [7, 11) is 5.20. The molecule has 2 heterocycles. The van der Waals surface area contributed by atoms with Crippen LogP contribution in [0.1, 0.15) is 29.8 Å². The van der Waals surface area contributed by atoms with Gasteiger partial charge in [0.15, 0.2) is 5.96 Å². The summed E-state index contributed by atoms with van der Waals surface area (Å²) in [4.78, 5) is 18.2. The lowest BCUT2D eigenvalue weighted by atomic mass is 9.97. The average Bonchev–Trinajstić information content (AvgIpc) is 2.81. The van der Waals surface area contributed by atoms with Crippen LogP contribution < -0.4 is 5.32 Å². The van der Waals surface area contributed by atoms with Crippen molar-refractivity contribution >= 4 is 35.9 Å². The maximum atomic E-state index is 11.6. The topological polar surface area (TPSA) is 71.8 Å². The van der Waals surface area contributed by atoms with Crippen molar-refractivity contribution in [3.05, 3.63) is 17.0 Å². The molecule has 1 saturated heterocycles. The number of aryl methyl sites for hydroxylation is 2. The summed E-state index contributed by atoms with van der Waals surface area (Å²) in [5.41, 5.74) is 3.41. The van der Waals surface area contributed by atoms with Crippen LogP contribution in [0.25, 0.3) is 0 Å². The molecule has 0 spiro atoms. The van der Waals surface area contributed by atoms with Gasteiger partial charge in [0.2, 0.25) is 0 Å². The molecule has 8 heteroatoms. The zero-order valence-electron chi connectivity index (χ0n) is 15.1. The maximum absolute atomic E-state index is 11.6. The van der Waals surface area contributed by atoms with Crippen molar-refractivity contribution in [2.75, 3.05) is 27.2 Å². The first kappa shape index (κ1) is 20.7. The Morgan fingerprint density at radius 1 is 1.38 bits per heavy atom. The van der Waals surface area contributed by atoms with Gasteiger partial charge in [-0.3, -0.25) is 14.5 Å². The van der Waals surface area contributed by atoms with Crippen LogP contribution >= 0.6 is 24.0 Å². The first-order valence-corrected chi connectivity index (χ1v) is 8.00. The molecular formula is C16H28IN5O2. The zero-order valence-corrected chi connectivity index (χ0v) is 17.5. The van der Waals surface area contributed by atoms with E-state index in [0.717, 1.165) is 43.3 Å². The maximum Gasteiger partial charge on any atom is 0.308 e. The number of nitrogens with one attached hydrogen (secondary N) is 1. The predicted octanol–water partition coefficient (Wildman–Crippen LogP) is 1.62. The smallest absolute Gasteiger partial charge is 0.308 e. The lowest BCUT2D eigenvalue weighted by Crippen LogP contribution is -2.46. The standard InChI is InChI=1S/C16H27N5O2.HI/c1-11-14(12(2)20(4)19-11)10-18-16(17-3)21-8-6-13(7-9-21)15(22)23-5;/h13H,6-10H2,1-5H3,(H,17,18);1H. The molecule has 1 fully saturated rings. The van der Waals surface area contributed by atoms with Gasteiger partial charge in [-0.2, -0.15) is 5.10 Å². The predicted molar refractivity (Wildman–Crippen MR) is 105 cm³/mol. The van der Waals surface area contributed by atoms with Gasteiger partial charge in [-0.05, 0) is 26.7 Å². The van der Waals surface area contributed by atoms with Crippen molar-refractivity contribution in [3.63, 3.8) is 0 Å². The van der Waals surface area contributed by atoms with E-state index in [4.69, 9.17) is 4.74 Å². The number of carbonyl (C=O) groups excluding carboxylic acids is 1. The van der Waals surface area contributed by atoms with Crippen molar-refractivity contribution < 1.29 is 9.53 Å². The van der Waals surface area contributed by atoms with Gasteiger partial charge in [-0.15, -0.1) is 24.0 Å². The van der Waals surface area contributed by atoms with Crippen LogP contribution in [0.3, 0.4) is 0 Å². The van der Waals surface area contributed by atoms with Crippen LogP contribution in [0.4, 0.5) is 0 Å². The molecule has 2 rings (SSSR count). The second-order valence-corrected chi connectivity index (χ2v) is 5.96. The van der Waals surface area contributed by atoms with E-state index < -0.39 is 0 Å². The Balaban J connectivity index is 0.00000288. The quantitative estimate of drug-likeness (QED) is 0.329. The van der Waals surface area contributed by atoms with Crippen LogP contribution in [0.15, 0.2) is 4.99 Å². The molecule has 0 radical (unpaired) electrons. The fourth-order valence-electron chi connectivity index (χ4n) is 3.07. The number of nitrogens with zero attached hydrogens (tertiary/aromatic N) is 4. The molecule has 1 aliphatic rings. The zero-order chi connectivity index (χ0) is 17.0. The molecular weight excluding hydrogens is 421 g/mol. The largest absolute Gasteiger partial charge is 0.469 e. The number of aromatic nitrogens is 2. The summed E-state index contributed by atoms with van der Waals surface area (Å²) >= 11 is 0. The van der Waals surface area contributed by atoms with E-state index in [9.17, 15) is 4.79 Å². The number of hydrogen-bond acceptors (Lipinski definition) is 4. The second-order valence-electron chi connectivity index (χ2n) is 5.96. The molecule has 136 valence electrons. The van der Waals surface area contributed by atoms with Gasteiger partial charge in [0.1, 0.15) is 0 Å². The molecule has 0 atom stereocenters. The van der Waals surface area contributed by atoms with Gasteiger partial charge in [0, 0.05) is 45.0 Å². The number of carbonyl (C=O) groups is 1. The third kappa shape index (κ3) is 4.61. The Morgan fingerprint density at radius 2 is 2.00 bits per heavy atom. The molecule has 1 aromatic rings. The summed E-state index contributed by atoms with van der Waals surface area (Å²) in [6, 6.07) is 0. The molecule has 0 amide bonds. The van der Waals surface area contributed by atoms with Crippen LogP contribution in [0.5, 0.6) is 0 Å². The Morgan fingerprint density at radius 3 is 2.46 bits per heavy atom. The summed E-state index contributed by atoms with van der Waals surface area (Å²) in [6.07, 6.45) is 1.61. The minimum atomic E-state index is -0.103. The number of ether oxygens (including phenoxy) is 1. The third-order valence-electron chi connectivity index (χ3n) is 4.62. The van der Waals surface area contributed by atoms with E-state index in [1.807, 2.05) is 18.7 Å². The average molecular weight is 449 g/mol. The molecule has 0 aliphatic carbocycles. The number of aliphatic imine (C=N–C) groups is 1. The number of halogens is 1. The lowest BCUT2D eigenvalue weighted by Gasteiger charge is -2.33. The minimum Gasteiger partial charge on any atom is -0.469 e. The van der Waals surface area contributed by atoms with E-state index in [1.54, 1.807) is 7.05 Å². The van der Waals surface area contributed by atoms with Crippen LogP contribution in [-0.2, 0) is 23.1 Å². The van der Waals surface area contributed by atoms with Crippen molar-refractivity contribution in [1.29, 1.82) is 0 Å². The van der Waals surface area contributed by atoms with E-state index in [0.29, 0.717) is 6.54 Å². The first-order chi connectivity index (χ1) is 11.0. The highest BCUT2D eigenvalue weighted by molar-refractivity contribution is 14.0. The van der Waals surface area contributed by atoms with Crippen molar-refractivity contribution in [2.45, 2.75) is 33.2 Å². The number of likely N-dealkylation sites (tertiary alicyclic amines) is 1. The molecule has 0 aromatic carbocycles. The number of piperidine rings is 1. The summed E-state index contributed by atoms with van der Waals surface area (Å²) in [5.74, 6) is 0.780. The molecule has 1 N–H and O–H groups in total. The van der Waals surface area contributed by atoms with Crippen LogP contribution in [0.2, 0.25) is 0 Å². The van der Waals surface area contributed by atoms with E-state index >= 15 is 0 Å². The Bertz CT molecular complexity index is 592. The van der Waals surface area contributed by atoms with Gasteiger partial charge in [-0.25, -0.2) is 0 Å². The van der Waals surface area contributed by atoms with Gasteiger partial charge < -0.3 is 15.0 Å². The molecule has 24 heavy (non-hydrogen) atoms. The SMILES string of the molecule is CN=C(NCc1c(C)nn(C)c1C)N1CCC(C(=O)OC)CC1.I. The summed E-state index contributed by atoms with van der Waals surface area (Å²) < 4.78 is 6.73. The molecule has 0 bridgehead atoms. The fraction of sp³-hybridized carbons (Fsp3) is 0.688. The third-order valence-corrected chi connectivity index (χ3v) is 4.62. The molecule has 0 saturated carbocycles. The van der Waals surface area contributed by atoms with Gasteiger partial charge >= 0.3 is 5.97 Å². The Hall–Kier alpha value is -1.32. The Labute approximate surface area is 160 Å². The van der Waals surface area contributed by atoms with Crippen molar-refractivity contribution in [1.82, 2.24) is 20.0 Å². The normalized spacial score (nSPS) is 15.9. The monoisotopic (exact) mass is 449 g/mol. The highest BCUT2D eigenvalue weighted by Crippen LogP contribution is 2.19. The van der Waals surface area contributed by atoms with E-state index in [-0.39, 0.29) is 35.9 Å². The lowest BCUT2D eigenvalue weighted by molar-refractivity contribution is -0.146. The van der Waals surface area contributed by atoms with E-state index in [1.165, 1.54) is 12.7 Å². The van der Waals surface area contributed by atoms with Crippen LogP contribution in [0, 0.1) is 19.8 Å². The molecule has 7 nitrogen and oxygen atoms in total. The second kappa shape index (κ2) is 9.24. The first-order valence-electron chi connectivity index (χ1n) is 8.00. The van der Waals surface area contributed by atoms with Crippen molar-refractivity contribution in [3.8, 4) is 0 Å². The molecule has 1 aromatic heterocycles. The highest BCUT2D eigenvalue weighted by Gasteiger charge is 2.27. The summed E-state index contributed by atoms with van der Waals surface area (Å²) in [5, 5.41) is 7.85. The molecule has 1 aliphatic heterocycles. The minimum absolute atomic E-state index is 0. The van der Waals surface area contributed by atoms with Gasteiger partial charge in [0.25, 0.3) is 0 Å². The number of hydrogen-bond donors (Lipinski definition) is 1. The van der Waals surface area contributed by atoms with Crippen LogP contribution in [-0.4, -0.2) is 53.9 Å². The fourth-order valence-corrected chi connectivity index (χ4v) is 3.07.